The number of aromatic nitrogens is 2. The number of furan rings is 1. The van der Waals surface area contributed by atoms with Crippen LogP contribution in [0.5, 0.6) is 0 Å². The molecule has 1 amide bonds. The number of amides is 1. The van der Waals surface area contributed by atoms with Crippen molar-refractivity contribution < 1.29 is 9.21 Å². The summed E-state index contributed by atoms with van der Waals surface area (Å²) in [5, 5.41) is 3.18. The third-order valence-electron chi connectivity index (χ3n) is 5.15. The molecule has 3 aromatic rings. The maximum atomic E-state index is 13.4. The van der Waals surface area contributed by atoms with E-state index in [0.717, 1.165) is 12.0 Å². The molecule has 0 aliphatic carbocycles. The van der Waals surface area contributed by atoms with Crippen molar-refractivity contribution in [3.8, 4) is 0 Å². The molecule has 1 fully saturated rings. The second-order valence-electron chi connectivity index (χ2n) is 7.36. The van der Waals surface area contributed by atoms with Gasteiger partial charge in [0.15, 0.2) is 0 Å². The average Bonchev–Trinajstić information content (AvgIpc) is 3.36. The molecule has 1 unspecified atom stereocenters. The summed E-state index contributed by atoms with van der Waals surface area (Å²) in [5.41, 5.74) is 1.49. The van der Waals surface area contributed by atoms with E-state index in [1.165, 1.54) is 16.2 Å². The summed E-state index contributed by atoms with van der Waals surface area (Å²) in [6.45, 7) is 6.23. The van der Waals surface area contributed by atoms with Crippen LogP contribution in [0.2, 0.25) is 0 Å². The second-order valence-corrected chi connectivity index (χ2v) is 9.03. The highest BCUT2D eigenvalue weighted by Crippen LogP contribution is 2.34. The van der Waals surface area contributed by atoms with Gasteiger partial charge in [0.05, 0.1) is 23.3 Å². The molecule has 1 aliphatic heterocycles. The van der Waals surface area contributed by atoms with Gasteiger partial charge in [-0.1, -0.05) is 37.0 Å². The van der Waals surface area contributed by atoms with Gasteiger partial charge < -0.3 is 9.73 Å². The van der Waals surface area contributed by atoms with E-state index in [0.29, 0.717) is 38.6 Å². The van der Waals surface area contributed by atoms with Gasteiger partial charge in [-0.3, -0.25) is 18.9 Å². The first-order chi connectivity index (χ1) is 14.9. The summed E-state index contributed by atoms with van der Waals surface area (Å²) < 4.78 is 7.37. The van der Waals surface area contributed by atoms with Gasteiger partial charge >= 0.3 is 0 Å². The lowest BCUT2D eigenvalue weighted by Crippen LogP contribution is -2.36. The summed E-state index contributed by atoms with van der Waals surface area (Å²) >= 11 is 6.63. The highest BCUT2D eigenvalue weighted by atomic mass is 32.2. The maximum absolute atomic E-state index is 13.4. The molecule has 0 bridgehead atoms. The predicted molar refractivity (Wildman–Crippen MR) is 127 cm³/mol. The minimum absolute atomic E-state index is 0.00609. The van der Waals surface area contributed by atoms with Crippen molar-refractivity contribution in [1.82, 2.24) is 14.3 Å². The summed E-state index contributed by atoms with van der Waals surface area (Å²) in [6, 6.07) is 7.31. The number of thiocarbonyl (C=S) groups is 1. The minimum Gasteiger partial charge on any atom is -0.467 e. The number of fused-ring (bicyclic) bond motifs is 1. The predicted octanol–water partition coefficient (Wildman–Crippen LogP) is 4.21. The summed E-state index contributed by atoms with van der Waals surface area (Å²) in [7, 11) is 0. The molecule has 4 heterocycles. The van der Waals surface area contributed by atoms with Gasteiger partial charge in [0.2, 0.25) is 0 Å². The Balaban J connectivity index is 1.81. The Morgan fingerprint density at radius 3 is 2.84 bits per heavy atom. The quantitative estimate of drug-likeness (QED) is 0.441. The van der Waals surface area contributed by atoms with Crippen molar-refractivity contribution >= 4 is 51.7 Å². The topological polar surface area (TPSA) is 79.8 Å². The van der Waals surface area contributed by atoms with Gasteiger partial charge in [0, 0.05) is 12.2 Å². The molecule has 3 aromatic heterocycles. The second kappa shape index (κ2) is 8.68. The molecule has 31 heavy (non-hydrogen) atoms. The van der Waals surface area contributed by atoms with Crippen LogP contribution in [0.1, 0.15) is 37.2 Å². The number of nitrogens with zero attached hydrogens (tertiary/aromatic N) is 3. The third kappa shape index (κ3) is 4.15. The standard InChI is InChI=1S/C22H22N4O3S2/c1-4-14(3)26-21(28)17(31-22(26)30)10-16-19(23-11-15-6-5-9-29-15)24-18-8-7-13(2)12-25(18)20(16)27/h5-10,12,14,23H,4,11H2,1-3H3. The number of rotatable bonds is 6. The molecule has 0 spiro atoms. The van der Waals surface area contributed by atoms with E-state index in [1.54, 1.807) is 35.6 Å². The van der Waals surface area contributed by atoms with E-state index in [-0.39, 0.29) is 17.5 Å². The zero-order valence-electron chi connectivity index (χ0n) is 17.4. The molecule has 0 aromatic carbocycles. The Bertz CT molecular complexity index is 1250. The van der Waals surface area contributed by atoms with E-state index in [9.17, 15) is 9.59 Å². The fraction of sp³-hybridized carbons (Fsp3) is 0.273. The van der Waals surface area contributed by atoms with Crippen LogP contribution in [-0.4, -0.2) is 30.6 Å². The van der Waals surface area contributed by atoms with Gasteiger partial charge in [-0.25, -0.2) is 4.98 Å². The van der Waals surface area contributed by atoms with Crippen LogP contribution < -0.4 is 10.9 Å². The van der Waals surface area contributed by atoms with Crippen LogP contribution in [-0.2, 0) is 11.3 Å². The molecule has 1 N–H and O–H groups in total. The fourth-order valence-corrected chi connectivity index (χ4v) is 4.73. The Labute approximate surface area is 189 Å². The molecule has 7 nitrogen and oxygen atoms in total. The van der Waals surface area contributed by atoms with Crippen LogP contribution >= 0.6 is 24.0 Å². The molecule has 1 atom stereocenters. The van der Waals surface area contributed by atoms with Crippen LogP contribution in [0.25, 0.3) is 11.7 Å². The summed E-state index contributed by atoms with van der Waals surface area (Å²) in [5.74, 6) is 0.911. The lowest BCUT2D eigenvalue weighted by atomic mass is 10.2. The van der Waals surface area contributed by atoms with Crippen molar-refractivity contribution in [2.45, 2.75) is 39.8 Å². The van der Waals surface area contributed by atoms with Crippen molar-refractivity contribution in [3.63, 3.8) is 0 Å². The van der Waals surface area contributed by atoms with Gasteiger partial charge in [0.1, 0.15) is 21.5 Å². The Kier molecular flexibility index (Phi) is 5.97. The lowest BCUT2D eigenvalue weighted by Gasteiger charge is -2.21. The molecule has 0 radical (unpaired) electrons. The highest BCUT2D eigenvalue weighted by molar-refractivity contribution is 8.26. The van der Waals surface area contributed by atoms with Crippen molar-refractivity contribution in [3.05, 3.63) is 68.9 Å². The van der Waals surface area contributed by atoms with Crippen LogP contribution in [0.15, 0.2) is 50.8 Å². The van der Waals surface area contributed by atoms with E-state index in [2.05, 4.69) is 10.3 Å². The molecule has 9 heteroatoms. The molecule has 1 saturated heterocycles. The number of anilines is 1. The number of thioether (sulfide) groups is 1. The molecule has 0 saturated carbocycles. The smallest absolute Gasteiger partial charge is 0.267 e. The zero-order chi connectivity index (χ0) is 22.1. The van der Waals surface area contributed by atoms with E-state index < -0.39 is 0 Å². The number of hydrogen-bond donors (Lipinski definition) is 1. The summed E-state index contributed by atoms with van der Waals surface area (Å²) in [6.07, 6.45) is 5.71. The molecule has 160 valence electrons. The average molecular weight is 455 g/mol. The van der Waals surface area contributed by atoms with E-state index >= 15 is 0 Å². The first-order valence-electron chi connectivity index (χ1n) is 9.95. The first-order valence-corrected chi connectivity index (χ1v) is 11.2. The Morgan fingerprint density at radius 2 is 2.13 bits per heavy atom. The van der Waals surface area contributed by atoms with Crippen LogP contribution in [0, 0.1) is 6.92 Å². The number of hydrogen-bond acceptors (Lipinski definition) is 7. The van der Waals surface area contributed by atoms with Gasteiger partial charge in [-0.15, -0.1) is 0 Å². The highest BCUT2D eigenvalue weighted by Gasteiger charge is 2.35. The number of carbonyl (C=O) groups is 1. The van der Waals surface area contributed by atoms with E-state index in [4.69, 9.17) is 16.6 Å². The zero-order valence-corrected chi connectivity index (χ0v) is 19.0. The number of pyridine rings is 1. The van der Waals surface area contributed by atoms with E-state index in [1.807, 2.05) is 32.9 Å². The van der Waals surface area contributed by atoms with Crippen molar-refractivity contribution in [2.24, 2.45) is 0 Å². The largest absolute Gasteiger partial charge is 0.467 e. The normalized spacial score (nSPS) is 16.5. The van der Waals surface area contributed by atoms with Crippen LogP contribution in [0.3, 0.4) is 0 Å². The molecular weight excluding hydrogens is 432 g/mol. The third-order valence-corrected chi connectivity index (χ3v) is 6.48. The van der Waals surface area contributed by atoms with Crippen molar-refractivity contribution in [1.29, 1.82) is 0 Å². The van der Waals surface area contributed by atoms with Crippen molar-refractivity contribution in [2.75, 3.05) is 5.32 Å². The SMILES string of the molecule is CCC(C)N1C(=O)C(=Cc2c(NCc3ccco3)nc3ccc(C)cn3c2=O)SC1=S. The van der Waals surface area contributed by atoms with Gasteiger partial charge in [-0.05, 0) is 50.1 Å². The Morgan fingerprint density at radius 1 is 1.32 bits per heavy atom. The molecule has 1 aliphatic rings. The van der Waals surface area contributed by atoms with Gasteiger partial charge in [-0.2, -0.15) is 0 Å². The number of aryl methyl sites for hydroxylation is 1. The monoisotopic (exact) mass is 454 g/mol. The Hall–Kier alpha value is -2.91. The first kappa shape index (κ1) is 21.3. The molecule has 4 rings (SSSR count). The minimum atomic E-state index is -0.260. The lowest BCUT2D eigenvalue weighted by molar-refractivity contribution is -0.123. The van der Waals surface area contributed by atoms with Crippen LogP contribution in [0.4, 0.5) is 5.82 Å². The fourth-order valence-electron chi connectivity index (χ4n) is 3.28. The molecular formula is C22H22N4O3S2. The van der Waals surface area contributed by atoms with Gasteiger partial charge in [0.25, 0.3) is 11.5 Å². The summed E-state index contributed by atoms with van der Waals surface area (Å²) in [4.78, 5) is 33.0. The number of carbonyl (C=O) groups excluding carboxylic acids is 1. The maximum Gasteiger partial charge on any atom is 0.267 e. The number of nitrogens with one attached hydrogen (secondary N) is 1.